The second-order valence-electron chi connectivity index (χ2n) is 13.3. The van der Waals surface area contributed by atoms with Crippen LogP contribution in [0.15, 0.2) is 96.6 Å². The van der Waals surface area contributed by atoms with Crippen LogP contribution in [0.4, 0.5) is 5.69 Å². The number of hydrogen-bond acceptors (Lipinski definition) is 10. The first-order chi connectivity index (χ1) is 26.3. The minimum atomic E-state index is -0.285. The number of carbonyl (C=O) groups excluding carboxylic acids is 2. The van der Waals surface area contributed by atoms with E-state index in [1.54, 1.807) is 27.6 Å². The third kappa shape index (κ3) is 7.34. The molecule has 272 valence electrons. The first-order valence-electron chi connectivity index (χ1n) is 17.6. The Morgan fingerprint density at radius 2 is 1.63 bits per heavy atom. The number of anilines is 1. The monoisotopic (exact) mass is 738 g/mol. The fraction of sp³-hybridized carbons (Fsp3) is 0.225. The quantitative estimate of drug-likeness (QED) is 0.179. The van der Waals surface area contributed by atoms with E-state index in [-0.39, 0.29) is 11.8 Å². The van der Waals surface area contributed by atoms with Crippen LogP contribution in [0.25, 0.3) is 27.5 Å². The van der Waals surface area contributed by atoms with Gasteiger partial charge in [0.15, 0.2) is 5.65 Å². The van der Waals surface area contributed by atoms with Gasteiger partial charge in [0.25, 0.3) is 11.8 Å². The molecule has 0 bridgehead atoms. The van der Waals surface area contributed by atoms with Gasteiger partial charge in [0.05, 0.1) is 31.7 Å². The van der Waals surface area contributed by atoms with Gasteiger partial charge in [-0.15, -0.1) is 16.4 Å². The molecule has 13 nitrogen and oxygen atoms in total. The Morgan fingerprint density at radius 3 is 2.41 bits per heavy atom. The molecule has 0 spiro atoms. The molecule has 1 fully saturated rings. The summed E-state index contributed by atoms with van der Waals surface area (Å²) in [6, 6.07) is 25.0. The number of methoxy groups -OCH3 is 1. The van der Waals surface area contributed by atoms with Crippen LogP contribution in [-0.2, 0) is 13.1 Å². The lowest BCUT2D eigenvalue weighted by Crippen LogP contribution is -2.48. The van der Waals surface area contributed by atoms with Crippen LogP contribution >= 0.6 is 11.3 Å². The molecule has 5 heterocycles. The van der Waals surface area contributed by atoms with E-state index in [0.717, 1.165) is 64.2 Å². The number of nitrogens with one attached hydrogen (secondary N) is 1. The van der Waals surface area contributed by atoms with Crippen LogP contribution in [0, 0.1) is 13.8 Å². The lowest BCUT2D eigenvalue weighted by atomic mass is 10.1. The van der Waals surface area contributed by atoms with E-state index in [1.165, 1.54) is 6.20 Å². The molecule has 1 aliphatic rings. The highest BCUT2D eigenvalue weighted by molar-refractivity contribution is 7.13. The van der Waals surface area contributed by atoms with Crippen molar-refractivity contribution in [2.75, 3.05) is 38.6 Å². The highest BCUT2D eigenvalue weighted by Gasteiger charge is 2.25. The normalized spacial score (nSPS) is 13.4. The number of piperazine rings is 1. The van der Waals surface area contributed by atoms with Gasteiger partial charge in [0, 0.05) is 71.9 Å². The van der Waals surface area contributed by atoms with Crippen molar-refractivity contribution in [3.8, 4) is 27.6 Å². The van der Waals surface area contributed by atoms with E-state index in [1.807, 2.05) is 104 Å². The number of fused-ring (bicyclic) bond motifs is 1. The van der Waals surface area contributed by atoms with Gasteiger partial charge in [0.1, 0.15) is 22.0 Å². The molecule has 0 unspecified atom stereocenters. The van der Waals surface area contributed by atoms with E-state index in [9.17, 15) is 9.59 Å². The van der Waals surface area contributed by atoms with E-state index in [2.05, 4.69) is 36.0 Å². The maximum atomic E-state index is 13.8. The molecule has 0 saturated carbocycles. The van der Waals surface area contributed by atoms with E-state index in [0.29, 0.717) is 47.8 Å². The average molecular weight is 739 g/mol. The van der Waals surface area contributed by atoms with Gasteiger partial charge in [0.2, 0.25) is 0 Å². The third-order valence-corrected chi connectivity index (χ3v) is 10.5. The van der Waals surface area contributed by atoms with Crippen molar-refractivity contribution < 1.29 is 14.3 Å². The van der Waals surface area contributed by atoms with E-state index in [4.69, 9.17) is 9.72 Å². The minimum Gasteiger partial charge on any atom is -0.497 e. The Hall–Kier alpha value is -6.25. The molecule has 8 rings (SSSR count). The lowest BCUT2D eigenvalue weighted by molar-refractivity contribution is 0.0626. The van der Waals surface area contributed by atoms with Crippen LogP contribution < -0.4 is 10.1 Å². The Balaban J connectivity index is 0.867. The molecule has 2 amide bonds. The molecule has 1 saturated heterocycles. The molecule has 7 aromatic rings. The first-order valence-corrected chi connectivity index (χ1v) is 18.5. The molecular formula is C40H38N10O3S. The summed E-state index contributed by atoms with van der Waals surface area (Å²) in [6.07, 6.45) is 3.40. The number of carbonyl (C=O) groups is 2. The van der Waals surface area contributed by atoms with Crippen molar-refractivity contribution in [2.24, 2.45) is 0 Å². The summed E-state index contributed by atoms with van der Waals surface area (Å²) in [4.78, 5) is 40.5. The fourth-order valence-electron chi connectivity index (χ4n) is 6.66. The van der Waals surface area contributed by atoms with Gasteiger partial charge >= 0.3 is 0 Å². The van der Waals surface area contributed by atoms with Crippen molar-refractivity contribution in [3.63, 3.8) is 0 Å². The summed E-state index contributed by atoms with van der Waals surface area (Å²) in [7, 11) is 1.66. The number of hydrogen-bond donors (Lipinski definition) is 1. The van der Waals surface area contributed by atoms with Crippen LogP contribution in [0.5, 0.6) is 5.75 Å². The number of nitrogens with zero attached hydrogens (tertiary/aromatic N) is 9. The molecule has 0 aliphatic carbocycles. The zero-order valence-corrected chi connectivity index (χ0v) is 31.0. The molecule has 4 aromatic heterocycles. The van der Waals surface area contributed by atoms with Crippen molar-refractivity contribution in [1.82, 2.24) is 44.4 Å². The Kier molecular flexibility index (Phi) is 9.68. The summed E-state index contributed by atoms with van der Waals surface area (Å²) in [5.41, 5.74) is 8.46. The Bertz CT molecular complexity index is 2440. The molecule has 54 heavy (non-hydrogen) atoms. The summed E-state index contributed by atoms with van der Waals surface area (Å²) in [5.74, 6) is 0.557. The second kappa shape index (κ2) is 15.0. The molecule has 3 aromatic carbocycles. The van der Waals surface area contributed by atoms with Crippen LogP contribution in [0.2, 0.25) is 0 Å². The third-order valence-electron chi connectivity index (χ3n) is 9.51. The maximum absolute atomic E-state index is 13.8. The van der Waals surface area contributed by atoms with Crippen LogP contribution in [-0.4, -0.2) is 89.5 Å². The lowest BCUT2D eigenvalue weighted by Gasteiger charge is -2.34. The van der Waals surface area contributed by atoms with Gasteiger partial charge in [-0.05, 0) is 67.9 Å². The molecule has 0 atom stereocenters. The topological polar surface area (TPSA) is 136 Å². The Labute approximate surface area is 315 Å². The number of ether oxygens (including phenoxy) is 1. The number of thiazole rings is 1. The molecular weight excluding hydrogens is 701 g/mol. The van der Waals surface area contributed by atoms with Crippen molar-refractivity contribution >= 4 is 34.5 Å². The average Bonchev–Trinajstić information content (AvgIpc) is 3.96. The van der Waals surface area contributed by atoms with Crippen molar-refractivity contribution in [3.05, 3.63) is 130 Å². The van der Waals surface area contributed by atoms with Crippen LogP contribution in [0.3, 0.4) is 0 Å². The zero-order valence-electron chi connectivity index (χ0n) is 30.1. The molecule has 0 radical (unpaired) electrons. The minimum absolute atomic E-state index is 0.0175. The standard InChI is InChI=1S/C40H38N10O3S/c1-26-20-27(2)50-37(42-26)35(21-41-50)38(51)43-31-12-8-28(9-13-31)36-24-49(46-45-36)22-30-6-4-5-7-34(30)40(52)48-18-16-47(17-19-48)23-32-25-54-39(44-32)29-10-14-33(53-3)15-11-29/h4-15,20-21,24-25H,16-19,22-23H2,1-3H3,(H,43,51). The molecule has 1 N–H and O–H groups in total. The van der Waals surface area contributed by atoms with Gasteiger partial charge < -0.3 is 15.0 Å². The summed E-state index contributed by atoms with van der Waals surface area (Å²) in [6.45, 7) is 7.80. The van der Waals surface area contributed by atoms with Crippen LogP contribution in [0.1, 0.15) is 43.4 Å². The second-order valence-corrected chi connectivity index (χ2v) is 14.1. The number of benzene rings is 3. The molecule has 1 aliphatic heterocycles. The Morgan fingerprint density at radius 1 is 0.870 bits per heavy atom. The fourth-order valence-corrected chi connectivity index (χ4v) is 7.47. The van der Waals surface area contributed by atoms with Gasteiger partial charge in [-0.1, -0.05) is 35.5 Å². The summed E-state index contributed by atoms with van der Waals surface area (Å²) in [5, 5.41) is 19.1. The number of aromatic nitrogens is 7. The van der Waals surface area contributed by atoms with Gasteiger partial charge in [-0.25, -0.2) is 19.2 Å². The summed E-state index contributed by atoms with van der Waals surface area (Å²) >= 11 is 1.64. The first kappa shape index (κ1) is 34.8. The van der Waals surface area contributed by atoms with E-state index < -0.39 is 0 Å². The maximum Gasteiger partial charge on any atom is 0.261 e. The number of aryl methyl sites for hydroxylation is 2. The van der Waals surface area contributed by atoms with Crippen molar-refractivity contribution in [2.45, 2.75) is 26.9 Å². The van der Waals surface area contributed by atoms with Gasteiger partial charge in [-0.2, -0.15) is 5.10 Å². The van der Waals surface area contributed by atoms with Crippen molar-refractivity contribution in [1.29, 1.82) is 0 Å². The number of amides is 2. The zero-order chi connectivity index (χ0) is 37.2. The smallest absolute Gasteiger partial charge is 0.261 e. The van der Waals surface area contributed by atoms with Gasteiger partial charge in [-0.3, -0.25) is 14.5 Å². The highest BCUT2D eigenvalue weighted by Crippen LogP contribution is 2.27. The predicted molar refractivity (Wildman–Crippen MR) is 207 cm³/mol. The highest BCUT2D eigenvalue weighted by atomic mass is 32.1. The number of rotatable bonds is 10. The summed E-state index contributed by atoms with van der Waals surface area (Å²) < 4.78 is 8.68. The molecule has 14 heteroatoms. The largest absolute Gasteiger partial charge is 0.497 e. The SMILES string of the molecule is COc1ccc(-c2nc(CN3CCN(C(=O)c4ccccc4Cn4cc(-c5ccc(NC(=O)c6cnn7c(C)cc(C)nc67)cc5)nn4)CC3)cs2)cc1. The predicted octanol–water partition coefficient (Wildman–Crippen LogP) is 6.00. The van der Waals surface area contributed by atoms with E-state index >= 15 is 0 Å².